The molecule has 2 N–H and O–H groups in total. The molecule has 0 saturated heterocycles. The molecule has 0 rings (SSSR count). The molecule has 0 heterocycles. The smallest absolute Gasteiger partial charge is 0.162 e. The van der Waals surface area contributed by atoms with Crippen molar-refractivity contribution in [3.8, 4) is 0 Å². The third-order valence-electron chi connectivity index (χ3n) is 1.49. The van der Waals surface area contributed by atoms with Crippen LogP contribution in [0.2, 0.25) is 0 Å². The van der Waals surface area contributed by atoms with Gasteiger partial charge in [0.05, 0.1) is 6.61 Å². The van der Waals surface area contributed by atoms with Crippen molar-refractivity contribution in [1.82, 2.24) is 0 Å². The number of hydrogen-bond acceptors (Lipinski definition) is 4. The van der Waals surface area contributed by atoms with E-state index in [9.17, 15) is 5.11 Å². The van der Waals surface area contributed by atoms with E-state index in [1.807, 2.05) is 6.92 Å². The van der Waals surface area contributed by atoms with Gasteiger partial charge in [-0.1, -0.05) is 23.7 Å². The summed E-state index contributed by atoms with van der Waals surface area (Å²) in [7, 11) is 0. The van der Waals surface area contributed by atoms with Crippen molar-refractivity contribution >= 4 is 16.8 Å². The minimum atomic E-state index is -1.12. The van der Waals surface area contributed by atoms with Crippen LogP contribution in [0.1, 0.15) is 26.7 Å². The maximum Gasteiger partial charge on any atom is 0.162 e. The van der Waals surface area contributed by atoms with Gasteiger partial charge in [-0.2, -0.15) is 0 Å². The van der Waals surface area contributed by atoms with Crippen LogP contribution in [-0.4, -0.2) is 27.9 Å². The van der Waals surface area contributed by atoms with E-state index in [0.29, 0.717) is 12.8 Å². The van der Waals surface area contributed by atoms with Crippen molar-refractivity contribution in [3.05, 3.63) is 0 Å². The van der Waals surface area contributed by atoms with Gasteiger partial charge in [0, 0.05) is 6.42 Å². The second-order valence-electron chi connectivity index (χ2n) is 2.60. The number of nitrogens with zero attached hydrogens (tertiary/aromatic N) is 1. The van der Waals surface area contributed by atoms with Crippen LogP contribution < -0.4 is 0 Å². The van der Waals surface area contributed by atoms with Crippen LogP contribution in [0.15, 0.2) is 5.16 Å². The number of aliphatic hydroxyl groups is 1. The summed E-state index contributed by atoms with van der Waals surface area (Å²) < 4.78 is 5.03. The molecule has 5 heteroatoms. The van der Waals surface area contributed by atoms with E-state index in [1.54, 1.807) is 6.92 Å². The van der Waals surface area contributed by atoms with E-state index in [1.165, 1.54) is 0 Å². The van der Waals surface area contributed by atoms with Gasteiger partial charge in [-0.25, -0.2) is 0 Å². The summed E-state index contributed by atoms with van der Waals surface area (Å²) >= 11 is 5.38. The lowest BCUT2D eigenvalue weighted by Gasteiger charge is -2.21. The maximum atomic E-state index is 9.34. The Bertz CT molecular complexity index is 159. The van der Waals surface area contributed by atoms with Crippen LogP contribution in [0.4, 0.5) is 0 Å². The van der Waals surface area contributed by atoms with E-state index in [0.717, 1.165) is 0 Å². The summed E-state index contributed by atoms with van der Waals surface area (Å²) in [5.74, 6) is -1.12. The molecule has 0 aliphatic heterocycles. The lowest BCUT2D eigenvalue weighted by atomic mass is 10.2. The fourth-order valence-electron chi connectivity index (χ4n) is 0.507. The largest absolute Gasteiger partial charge is 0.410 e. The predicted octanol–water partition coefficient (Wildman–Crippen LogP) is 1.54. The van der Waals surface area contributed by atoms with Crippen LogP contribution in [-0.2, 0) is 4.74 Å². The number of rotatable bonds is 5. The molecule has 0 spiro atoms. The normalized spacial score (nSPS) is 17.5. The Morgan fingerprint density at radius 3 is 2.67 bits per heavy atom. The standard InChI is InChI=1S/C7H14ClNO3/c1-3-7(2,10)12-5-4-6(8)9-11/h10-11H,3-5H2,1-2H3/b9-6-. The molecule has 0 amide bonds. The predicted molar refractivity (Wildman–Crippen MR) is 46.6 cm³/mol. The van der Waals surface area contributed by atoms with Crippen LogP contribution in [0.5, 0.6) is 0 Å². The second kappa shape index (κ2) is 5.35. The van der Waals surface area contributed by atoms with Crippen LogP contribution in [0.25, 0.3) is 0 Å². The highest BCUT2D eigenvalue weighted by atomic mass is 35.5. The maximum absolute atomic E-state index is 9.34. The number of hydrogen-bond donors (Lipinski definition) is 2. The molecule has 0 aromatic carbocycles. The van der Waals surface area contributed by atoms with Crippen LogP contribution in [0.3, 0.4) is 0 Å². The Balaban J connectivity index is 3.56. The van der Waals surface area contributed by atoms with Gasteiger partial charge in [-0.05, 0) is 13.3 Å². The molecular formula is C7H14ClNO3. The second-order valence-corrected chi connectivity index (χ2v) is 3.04. The molecule has 0 radical (unpaired) electrons. The summed E-state index contributed by atoms with van der Waals surface area (Å²) in [4.78, 5) is 0. The Labute approximate surface area is 76.8 Å². The molecule has 72 valence electrons. The molecule has 0 aliphatic rings. The molecule has 0 saturated carbocycles. The van der Waals surface area contributed by atoms with Crippen molar-refractivity contribution in [2.45, 2.75) is 32.5 Å². The first kappa shape index (κ1) is 11.7. The molecule has 0 bridgehead atoms. The molecular weight excluding hydrogens is 182 g/mol. The zero-order valence-electron chi connectivity index (χ0n) is 7.25. The van der Waals surface area contributed by atoms with Crippen molar-refractivity contribution in [2.24, 2.45) is 5.16 Å². The quantitative estimate of drug-likeness (QED) is 0.303. The average molecular weight is 196 g/mol. The third-order valence-corrected chi connectivity index (χ3v) is 1.75. The Kier molecular flexibility index (Phi) is 5.20. The summed E-state index contributed by atoms with van der Waals surface area (Å²) in [6, 6.07) is 0. The molecule has 12 heavy (non-hydrogen) atoms. The highest BCUT2D eigenvalue weighted by Gasteiger charge is 2.17. The van der Waals surface area contributed by atoms with E-state index in [2.05, 4.69) is 5.16 Å². The molecule has 0 aliphatic carbocycles. The van der Waals surface area contributed by atoms with Gasteiger partial charge in [-0.3, -0.25) is 0 Å². The topological polar surface area (TPSA) is 62.0 Å². The highest BCUT2D eigenvalue weighted by Crippen LogP contribution is 2.10. The number of oxime groups is 1. The van der Waals surface area contributed by atoms with E-state index < -0.39 is 5.79 Å². The lowest BCUT2D eigenvalue weighted by Crippen LogP contribution is -2.27. The Hall–Kier alpha value is -0.320. The third kappa shape index (κ3) is 5.35. The monoisotopic (exact) mass is 195 g/mol. The Morgan fingerprint density at radius 2 is 2.25 bits per heavy atom. The van der Waals surface area contributed by atoms with Gasteiger partial charge >= 0.3 is 0 Å². The fraction of sp³-hybridized carbons (Fsp3) is 0.857. The summed E-state index contributed by atoms with van der Waals surface area (Å²) in [6.07, 6.45) is 0.801. The summed E-state index contributed by atoms with van der Waals surface area (Å²) in [6.45, 7) is 3.61. The van der Waals surface area contributed by atoms with E-state index >= 15 is 0 Å². The minimum absolute atomic E-state index is 0.0712. The summed E-state index contributed by atoms with van der Waals surface area (Å²) in [5, 5.41) is 20.3. The van der Waals surface area contributed by atoms with Crippen LogP contribution in [0, 0.1) is 0 Å². The van der Waals surface area contributed by atoms with Crippen molar-refractivity contribution in [3.63, 3.8) is 0 Å². The molecule has 0 aromatic rings. The summed E-state index contributed by atoms with van der Waals surface area (Å²) in [5.41, 5.74) is 0. The number of halogens is 1. The minimum Gasteiger partial charge on any atom is -0.410 e. The molecule has 0 fully saturated rings. The molecule has 1 atom stereocenters. The first-order valence-electron chi connectivity index (χ1n) is 3.74. The molecule has 1 unspecified atom stereocenters. The van der Waals surface area contributed by atoms with Gasteiger partial charge in [0.2, 0.25) is 0 Å². The zero-order chi connectivity index (χ0) is 9.61. The number of ether oxygens (including phenoxy) is 1. The van der Waals surface area contributed by atoms with Gasteiger partial charge in [-0.15, -0.1) is 0 Å². The van der Waals surface area contributed by atoms with Crippen molar-refractivity contribution in [2.75, 3.05) is 6.61 Å². The van der Waals surface area contributed by atoms with Crippen molar-refractivity contribution < 1.29 is 15.1 Å². The Morgan fingerprint density at radius 1 is 1.67 bits per heavy atom. The van der Waals surface area contributed by atoms with E-state index in [4.69, 9.17) is 21.5 Å². The first-order valence-corrected chi connectivity index (χ1v) is 4.12. The lowest BCUT2D eigenvalue weighted by molar-refractivity contribution is -0.189. The van der Waals surface area contributed by atoms with E-state index in [-0.39, 0.29) is 11.8 Å². The van der Waals surface area contributed by atoms with Gasteiger partial charge in [0.1, 0.15) is 5.17 Å². The molecule has 4 nitrogen and oxygen atoms in total. The zero-order valence-corrected chi connectivity index (χ0v) is 8.01. The average Bonchev–Trinajstić information content (AvgIpc) is 2.04. The SMILES string of the molecule is CCC(C)(O)OCC/C(Cl)=N/O. The van der Waals surface area contributed by atoms with Gasteiger partial charge in [0.25, 0.3) is 0 Å². The van der Waals surface area contributed by atoms with Gasteiger partial charge in [0.15, 0.2) is 5.79 Å². The van der Waals surface area contributed by atoms with Gasteiger partial charge < -0.3 is 15.1 Å². The molecule has 0 aromatic heterocycles. The highest BCUT2D eigenvalue weighted by molar-refractivity contribution is 6.65. The van der Waals surface area contributed by atoms with Crippen LogP contribution >= 0.6 is 11.6 Å². The fourth-order valence-corrected chi connectivity index (χ4v) is 0.584. The van der Waals surface area contributed by atoms with Crippen molar-refractivity contribution in [1.29, 1.82) is 0 Å². The first-order chi connectivity index (χ1) is 5.52.